The Kier molecular flexibility index (Phi) is 5.44. The van der Waals surface area contributed by atoms with Gasteiger partial charge in [0.05, 0.1) is 28.6 Å². The van der Waals surface area contributed by atoms with E-state index in [4.69, 9.17) is 5.73 Å². The maximum absolute atomic E-state index is 13.2. The molecule has 3 aliphatic rings. The van der Waals surface area contributed by atoms with E-state index < -0.39 is 11.9 Å². The molecule has 1 aromatic carbocycles. The van der Waals surface area contributed by atoms with Crippen LogP contribution in [-0.4, -0.2) is 76.1 Å². The van der Waals surface area contributed by atoms with Crippen molar-refractivity contribution >= 4 is 40.0 Å². The van der Waals surface area contributed by atoms with Crippen LogP contribution >= 0.6 is 0 Å². The number of nitrogen functional groups attached to an aromatic ring is 1. The summed E-state index contributed by atoms with van der Waals surface area (Å²) in [6, 6.07) is 9.56. The number of aryl methyl sites for hydroxylation is 1. The van der Waals surface area contributed by atoms with Gasteiger partial charge in [-0.2, -0.15) is 0 Å². The average Bonchev–Trinajstić information content (AvgIpc) is 3.10. The number of nitrogens with one attached hydrogen (secondary N) is 1. The lowest BCUT2D eigenvalue weighted by Crippen LogP contribution is -2.63. The fraction of sp³-hybridized carbons (Fsp3) is 0.440. The van der Waals surface area contributed by atoms with Crippen LogP contribution in [-0.2, 0) is 16.6 Å². The molecule has 0 aliphatic carbocycles. The predicted molar refractivity (Wildman–Crippen MR) is 137 cm³/mol. The Balaban J connectivity index is 1.18. The highest BCUT2D eigenvalue weighted by molar-refractivity contribution is 6.00. The summed E-state index contributed by atoms with van der Waals surface area (Å²) in [4.78, 5) is 48.7. The molecule has 11 heteroatoms. The number of piperazine rings is 1. The number of amides is 2. The number of carbonyl (C=O) groups is 2. The summed E-state index contributed by atoms with van der Waals surface area (Å²) in [5.41, 5.74) is 9.12. The number of imide groups is 1. The Labute approximate surface area is 208 Å². The van der Waals surface area contributed by atoms with E-state index in [1.807, 2.05) is 36.5 Å². The third-order valence-electron chi connectivity index (χ3n) is 7.77. The first-order chi connectivity index (χ1) is 17.4. The van der Waals surface area contributed by atoms with Crippen molar-refractivity contribution in [1.82, 2.24) is 24.3 Å². The lowest BCUT2D eigenvalue weighted by Gasteiger charge is -2.49. The van der Waals surface area contributed by atoms with Crippen molar-refractivity contribution in [1.29, 1.82) is 0 Å². The Morgan fingerprint density at radius 3 is 2.47 bits per heavy atom. The molecule has 1 atom stereocenters. The zero-order valence-electron chi connectivity index (χ0n) is 20.3. The number of hydrogen-bond acceptors (Lipinski definition) is 8. The number of fused-ring (bicyclic) bond motifs is 1. The van der Waals surface area contributed by atoms with Crippen LogP contribution in [0.3, 0.4) is 0 Å². The van der Waals surface area contributed by atoms with Gasteiger partial charge in [-0.3, -0.25) is 28.9 Å². The summed E-state index contributed by atoms with van der Waals surface area (Å²) in [5.74, 6) is -0.168. The van der Waals surface area contributed by atoms with Crippen LogP contribution in [0.1, 0.15) is 18.9 Å². The number of benzene rings is 1. The summed E-state index contributed by atoms with van der Waals surface area (Å²) < 4.78 is 3.18. The summed E-state index contributed by atoms with van der Waals surface area (Å²) in [6.07, 6.45) is 2.39. The Bertz CT molecular complexity index is 1380. The third-order valence-corrected chi connectivity index (χ3v) is 7.77. The van der Waals surface area contributed by atoms with Gasteiger partial charge >= 0.3 is 5.69 Å². The Morgan fingerprint density at radius 1 is 1.00 bits per heavy atom. The first-order valence-electron chi connectivity index (χ1n) is 12.4. The van der Waals surface area contributed by atoms with Gasteiger partial charge in [-0.25, -0.2) is 9.78 Å². The molecule has 36 heavy (non-hydrogen) atoms. The highest BCUT2D eigenvalue weighted by Gasteiger charge is 2.35. The van der Waals surface area contributed by atoms with E-state index in [1.54, 1.807) is 16.2 Å². The minimum absolute atomic E-state index is 0.230. The van der Waals surface area contributed by atoms with E-state index in [0.717, 1.165) is 61.7 Å². The van der Waals surface area contributed by atoms with Gasteiger partial charge in [0.25, 0.3) is 0 Å². The Morgan fingerprint density at radius 2 is 1.78 bits per heavy atom. The molecule has 3 aromatic rings. The minimum atomic E-state index is -0.677. The number of rotatable bonds is 4. The SMILES string of the molecule is Cn1c(=O)n(C2CCC(=O)NC2=O)c2cccc(N3CCN(C4CN(c5ccc(N)nc5)C4)CC3)c21. The van der Waals surface area contributed by atoms with Crippen LogP contribution in [0.2, 0.25) is 0 Å². The highest BCUT2D eigenvalue weighted by Crippen LogP contribution is 2.31. The second kappa shape index (κ2) is 8.66. The normalized spacial score (nSPS) is 21.6. The topological polar surface area (TPSA) is 122 Å². The van der Waals surface area contributed by atoms with Crippen molar-refractivity contribution < 1.29 is 9.59 Å². The number of hydrogen-bond donors (Lipinski definition) is 2. The van der Waals surface area contributed by atoms with Gasteiger partial charge in [0.1, 0.15) is 11.9 Å². The quantitative estimate of drug-likeness (QED) is 0.501. The van der Waals surface area contributed by atoms with E-state index in [1.165, 1.54) is 0 Å². The molecular weight excluding hydrogens is 460 g/mol. The molecule has 2 aromatic heterocycles. The lowest BCUT2D eigenvalue weighted by atomic mass is 10.0. The fourth-order valence-corrected chi connectivity index (χ4v) is 5.71. The van der Waals surface area contributed by atoms with Crippen molar-refractivity contribution in [2.24, 2.45) is 7.05 Å². The van der Waals surface area contributed by atoms with Crippen molar-refractivity contribution in [3.63, 3.8) is 0 Å². The maximum Gasteiger partial charge on any atom is 0.329 e. The summed E-state index contributed by atoms with van der Waals surface area (Å²) >= 11 is 0. The number of piperidine rings is 1. The van der Waals surface area contributed by atoms with Gasteiger partial charge < -0.3 is 15.5 Å². The van der Waals surface area contributed by atoms with E-state index >= 15 is 0 Å². The fourth-order valence-electron chi connectivity index (χ4n) is 5.71. The molecule has 0 spiro atoms. The van der Waals surface area contributed by atoms with Gasteiger partial charge in [-0.1, -0.05) is 6.07 Å². The summed E-state index contributed by atoms with van der Waals surface area (Å²) in [6.45, 7) is 5.55. The number of nitrogens with two attached hydrogens (primary N) is 1. The number of imidazole rings is 1. The molecule has 2 amide bonds. The molecule has 0 bridgehead atoms. The number of anilines is 3. The minimum Gasteiger partial charge on any atom is -0.384 e. The monoisotopic (exact) mass is 490 g/mol. The zero-order chi connectivity index (χ0) is 25.0. The van der Waals surface area contributed by atoms with Crippen LogP contribution in [0.15, 0.2) is 41.3 Å². The first-order valence-corrected chi connectivity index (χ1v) is 12.4. The number of carbonyl (C=O) groups excluding carboxylic acids is 2. The smallest absolute Gasteiger partial charge is 0.329 e. The summed E-state index contributed by atoms with van der Waals surface area (Å²) in [7, 11) is 1.75. The summed E-state index contributed by atoms with van der Waals surface area (Å²) in [5, 5.41) is 2.37. The van der Waals surface area contributed by atoms with Gasteiger partial charge in [0.2, 0.25) is 11.8 Å². The largest absolute Gasteiger partial charge is 0.384 e. The molecule has 3 aliphatic heterocycles. The molecule has 0 radical (unpaired) electrons. The van der Waals surface area contributed by atoms with Crippen molar-refractivity contribution in [3.8, 4) is 0 Å². The van der Waals surface area contributed by atoms with Crippen LogP contribution < -0.4 is 26.5 Å². The van der Waals surface area contributed by atoms with Crippen LogP contribution in [0.25, 0.3) is 11.0 Å². The van der Waals surface area contributed by atoms with Crippen molar-refractivity contribution in [2.45, 2.75) is 24.9 Å². The van der Waals surface area contributed by atoms with Crippen LogP contribution in [0.5, 0.6) is 0 Å². The highest BCUT2D eigenvalue weighted by atomic mass is 16.2. The number of nitrogens with zero attached hydrogens (tertiary/aromatic N) is 6. The van der Waals surface area contributed by atoms with Crippen LogP contribution in [0, 0.1) is 0 Å². The zero-order valence-corrected chi connectivity index (χ0v) is 20.3. The lowest BCUT2D eigenvalue weighted by molar-refractivity contribution is -0.135. The molecule has 6 rings (SSSR count). The molecule has 188 valence electrons. The predicted octanol–water partition coefficient (Wildman–Crippen LogP) is 0.306. The molecule has 0 saturated carbocycles. The molecular formula is C25H30N8O3. The van der Waals surface area contributed by atoms with Crippen LogP contribution in [0.4, 0.5) is 17.2 Å². The number of pyridine rings is 1. The van der Waals surface area contributed by atoms with Gasteiger partial charge in [-0.05, 0) is 30.7 Å². The molecule has 11 nitrogen and oxygen atoms in total. The molecule has 3 N–H and O–H groups in total. The van der Waals surface area contributed by atoms with E-state index in [9.17, 15) is 14.4 Å². The van der Waals surface area contributed by atoms with E-state index in [-0.39, 0.29) is 18.0 Å². The van der Waals surface area contributed by atoms with Gasteiger partial charge in [0.15, 0.2) is 0 Å². The Hall–Kier alpha value is -3.86. The van der Waals surface area contributed by atoms with E-state index in [0.29, 0.717) is 18.3 Å². The number of para-hydroxylation sites is 1. The number of aromatic nitrogens is 3. The maximum atomic E-state index is 13.2. The van der Waals surface area contributed by atoms with Crippen molar-refractivity contribution in [3.05, 3.63) is 47.0 Å². The first kappa shape index (κ1) is 22.6. The molecule has 3 saturated heterocycles. The molecule has 5 heterocycles. The van der Waals surface area contributed by atoms with Gasteiger partial charge in [-0.15, -0.1) is 0 Å². The molecule has 3 fully saturated rings. The average molecular weight is 491 g/mol. The second-order valence-corrected chi connectivity index (χ2v) is 9.85. The standard InChI is InChI=1S/C25H30N8O3/c1-29-23-18(3-2-4-19(23)33(25(29)36)20-6-8-22(34)28-24(20)35)31-11-9-30(10-12-31)17-14-32(15-17)16-5-7-21(26)27-13-16/h2-5,7,13,17,20H,6,8-12,14-15H2,1H3,(H2,26,27)(H,28,34,35). The van der Waals surface area contributed by atoms with Crippen molar-refractivity contribution in [2.75, 3.05) is 54.8 Å². The second-order valence-electron chi connectivity index (χ2n) is 9.85. The third kappa shape index (κ3) is 3.70. The van der Waals surface area contributed by atoms with Gasteiger partial charge in [0, 0.05) is 58.8 Å². The molecule has 1 unspecified atom stereocenters. The van der Waals surface area contributed by atoms with E-state index in [2.05, 4.69) is 25.0 Å².